The maximum Gasteiger partial charge on any atom is 0.322 e. The standard InChI is InChI=1S/C12H15N3O4/c13-4-7-1-2-10-9(3-7)15(11(16)6-19-10)5-8(14)12(17)18/h1-3,8H,4-6,13-14H2,(H,17,18). The molecule has 1 aliphatic rings. The predicted molar refractivity (Wildman–Crippen MR) is 67.8 cm³/mol. The zero-order valence-corrected chi connectivity index (χ0v) is 10.2. The van der Waals surface area contributed by atoms with E-state index in [0.717, 1.165) is 5.56 Å². The van der Waals surface area contributed by atoms with Crippen LogP contribution in [0, 0.1) is 0 Å². The number of nitrogens with zero attached hydrogens (tertiary/aromatic N) is 1. The lowest BCUT2D eigenvalue weighted by atomic mass is 10.1. The average Bonchev–Trinajstić information content (AvgIpc) is 2.41. The Hall–Kier alpha value is -2.12. The first kappa shape index (κ1) is 13.3. The molecule has 0 bridgehead atoms. The molecule has 7 nitrogen and oxygen atoms in total. The van der Waals surface area contributed by atoms with Crippen molar-refractivity contribution in [2.24, 2.45) is 11.5 Å². The molecule has 0 radical (unpaired) electrons. The molecular formula is C12H15N3O4. The molecule has 0 saturated heterocycles. The number of fused-ring (bicyclic) bond motifs is 1. The Morgan fingerprint density at radius 2 is 2.26 bits per heavy atom. The molecule has 0 aromatic heterocycles. The fourth-order valence-corrected chi connectivity index (χ4v) is 1.85. The van der Waals surface area contributed by atoms with Crippen LogP contribution in [0.2, 0.25) is 0 Å². The number of carbonyl (C=O) groups excluding carboxylic acids is 1. The van der Waals surface area contributed by atoms with Gasteiger partial charge in [-0.25, -0.2) is 0 Å². The van der Waals surface area contributed by atoms with Crippen molar-refractivity contribution in [2.75, 3.05) is 18.1 Å². The smallest absolute Gasteiger partial charge is 0.322 e. The molecule has 0 spiro atoms. The van der Waals surface area contributed by atoms with Crippen molar-refractivity contribution < 1.29 is 19.4 Å². The van der Waals surface area contributed by atoms with Crippen molar-refractivity contribution in [2.45, 2.75) is 12.6 Å². The van der Waals surface area contributed by atoms with E-state index in [9.17, 15) is 9.59 Å². The lowest BCUT2D eigenvalue weighted by Gasteiger charge is -2.30. The second-order valence-electron chi connectivity index (χ2n) is 4.24. The Labute approximate surface area is 109 Å². The first-order valence-electron chi connectivity index (χ1n) is 5.77. The summed E-state index contributed by atoms with van der Waals surface area (Å²) in [7, 11) is 0. The van der Waals surface area contributed by atoms with Crippen molar-refractivity contribution in [1.29, 1.82) is 0 Å². The van der Waals surface area contributed by atoms with E-state index in [4.69, 9.17) is 21.3 Å². The number of carbonyl (C=O) groups is 2. The van der Waals surface area contributed by atoms with Gasteiger partial charge in [0.25, 0.3) is 5.91 Å². The van der Waals surface area contributed by atoms with E-state index < -0.39 is 12.0 Å². The topological polar surface area (TPSA) is 119 Å². The normalized spacial score (nSPS) is 15.7. The Kier molecular flexibility index (Phi) is 3.68. The summed E-state index contributed by atoms with van der Waals surface area (Å²) >= 11 is 0. The van der Waals surface area contributed by atoms with Gasteiger partial charge in [0.15, 0.2) is 6.61 Å². The zero-order chi connectivity index (χ0) is 14.0. The largest absolute Gasteiger partial charge is 0.482 e. The van der Waals surface area contributed by atoms with Gasteiger partial charge in [-0.05, 0) is 17.7 Å². The molecule has 1 amide bonds. The highest BCUT2D eigenvalue weighted by Gasteiger charge is 2.28. The minimum absolute atomic E-state index is 0.0987. The summed E-state index contributed by atoms with van der Waals surface area (Å²) in [5.41, 5.74) is 12.4. The third-order valence-corrected chi connectivity index (χ3v) is 2.90. The summed E-state index contributed by atoms with van der Waals surface area (Å²) in [6.45, 7) is 0.0974. The van der Waals surface area contributed by atoms with E-state index >= 15 is 0 Å². The lowest BCUT2D eigenvalue weighted by Crippen LogP contribution is -2.48. The molecule has 1 heterocycles. The average molecular weight is 265 g/mol. The van der Waals surface area contributed by atoms with Crippen molar-refractivity contribution in [3.05, 3.63) is 23.8 Å². The van der Waals surface area contributed by atoms with Crippen LogP contribution in [0.15, 0.2) is 18.2 Å². The van der Waals surface area contributed by atoms with Gasteiger partial charge in [-0.15, -0.1) is 0 Å². The highest BCUT2D eigenvalue weighted by molar-refractivity contribution is 5.98. The van der Waals surface area contributed by atoms with E-state index in [1.165, 1.54) is 4.90 Å². The maximum atomic E-state index is 11.8. The van der Waals surface area contributed by atoms with Crippen molar-refractivity contribution in [3.63, 3.8) is 0 Å². The molecule has 102 valence electrons. The molecule has 5 N–H and O–H groups in total. The number of carboxylic acid groups (broad SMARTS) is 1. The van der Waals surface area contributed by atoms with Gasteiger partial charge in [0.2, 0.25) is 0 Å². The van der Waals surface area contributed by atoms with Crippen molar-refractivity contribution in [1.82, 2.24) is 0 Å². The molecule has 0 aliphatic carbocycles. The molecule has 1 atom stereocenters. The molecule has 0 saturated carbocycles. The third kappa shape index (κ3) is 2.67. The molecule has 1 unspecified atom stereocenters. The highest BCUT2D eigenvalue weighted by atomic mass is 16.5. The predicted octanol–water partition coefficient (Wildman–Crippen LogP) is -0.717. The molecule has 19 heavy (non-hydrogen) atoms. The van der Waals surface area contributed by atoms with E-state index in [2.05, 4.69) is 0 Å². The molecule has 7 heteroatoms. The van der Waals surface area contributed by atoms with Crippen molar-refractivity contribution >= 4 is 17.6 Å². The first-order chi connectivity index (χ1) is 9.02. The van der Waals surface area contributed by atoms with Gasteiger partial charge in [0.05, 0.1) is 12.2 Å². The number of nitrogens with two attached hydrogens (primary N) is 2. The van der Waals surface area contributed by atoms with Crippen LogP contribution in [0.1, 0.15) is 5.56 Å². The van der Waals surface area contributed by atoms with Gasteiger partial charge < -0.3 is 26.2 Å². The summed E-state index contributed by atoms with van der Waals surface area (Å²) in [4.78, 5) is 24.0. The monoisotopic (exact) mass is 265 g/mol. The van der Waals surface area contributed by atoms with E-state index in [-0.39, 0.29) is 19.1 Å². The van der Waals surface area contributed by atoms with E-state index in [1.54, 1.807) is 18.2 Å². The minimum atomic E-state index is -1.16. The second kappa shape index (κ2) is 5.25. The number of carboxylic acids is 1. The summed E-state index contributed by atoms with van der Waals surface area (Å²) in [5.74, 6) is -0.955. The summed E-state index contributed by atoms with van der Waals surface area (Å²) in [6.07, 6.45) is 0. The van der Waals surface area contributed by atoms with E-state index in [0.29, 0.717) is 18.0 Å². The van der Waals surface area contributed by atoms with Crippen molar-refractivity contribution in [3.8, 4) is 5.75 Å². The summed E-state index contributed by atoms with van der Waals surface area (Å²) < 4.78 is 5.29. The molecular weight excluding hydrogens is 250 g/mol. The fourth-order valence-electron chi connectivity index (χ4n) is 1.85. The number of hydrogen-bond donors (Lipinski definition) is 3. The maximum absolute atomic E-state index is 11.8. The van der Waals surface area contributed by atoms with Crippen LogP contribution in [-0.2, 0) is 16.1 Å². The lowest BCUT2D eigenvalue weighted by molar-refractivity contribution is -0.138. The van der Waals surface area contributed by atoms with Gasteiger partial charge in [-0.1, -0.05) is 6.07 Å². The van der Waals surface area contributed by atoms with Crippen LogP contribution >= 0.6 is 0 Å². The zero-order valence-electron chi connectivity index (χ0n) is 10.2. The fraction of sp³-hybridized carbons (Fsp3) is 0.333. The number of hydrogen-bond acceptors (Lipinski definition) is 5. The van der Waals surface area contributed by atoms with Gasteiger partial charge >= 0.3 is 5.97 Å². The van der Waals surface area contributed by atoms with Gasteiger partial charge in [-0.2, -0.15) is 0 Å². The van der Waals surface area contributed by atoms with Crippen LogP contribution in [-0.4, -0.2) is 36.2 Å². The number of aliphatic carboxylic acids is 1. The van der Waals surface area contributed by atoms with Crippen LogP contribution < -0.4 is 21.1 Å². The number of anilines is 1. The third-order valence-electron chi connectivity index (χ3n) is 2.90. The SMILES string of the molecule is NCc1ccc2c(c1)N(CC(N)C(=O)O)C(=O)CO2. The van der Waals surface area contributed by atoms with Gasteiger partial charge in [0.1, 0.15) is 11.8 Å². The quantitative estimate of drug-likeness (QED) is 0.661. The van der Waals surface area contributed by atoms with E-state index in [1.807, 2.05) is 0 Å². The Bertz CT molecular complexity index is 518. The highest BCUT2D eigenvalue weighted by Crippen LogP contribution is 2.32. The molecule has 1 aliphatic heterocycles. The summed E-state index contributed by atoms with van der Waals surface area (Å²) in [6, 6.07) is 4.07. The molecule has 1 aromatic carbocycles. The number of benzene rings is 1. The van der Waals surface area contributed by atoms with Gasteiger partial charge in [-0.3, -0.25) is 9.59 Å². The Morgan fingerprint density at radius 3 is 2.89 bits per heavy atom. The number of ether oxygens (including phenoxy) is 1. The Morgan fingerprint density at radius 1 is 1.53 bits per heavy atom. The molecule has 0 fully saturated rings. The number of rotatable bonds is 4. The van der Waals surface area contributed by atoms with Crippen LogP contribution in [0.4, 0.5) is 5.69 Å². The Balaban J connectivity index is 2.33. The summed E-state index contributed by atoms with van der Waals surface area (Å²) in [5, 5.41) is 8.83. The van der Waals surface area contributed by atoms with Gasteiger partial charge in [0, 0.05) is 6.54 Å². The molecule has 1 aromatic rings. The van der Waals surface area contributed by atoms with Crippen LogP contribution in [0.3, 0.4) is 0 Å². The number of amides is 1. The second-order valence-corrected chi connectivity index (χ2v) is 4.24. The first-order valence-corrected chi connectivity index (χ1v) is 5.77. The van der Waals surface area contributed by atoms with Crippen LogP contribution in [0.25, 0.3) is 0 Å². The molecule has 2 rings (SSSR count). The van der Waals surface area contributed by atoms with Crippen LogP contribution in [0.5, 0.6) is 5.75 Å². The minimum Gasteiger partial charge on any atom is -0.482 e.